The smallest absolute Gasteiger partial charge is 0.308 e. The number of thiocarbonyl (C=S) groups is 1. The maximum absolute atomic E-state index is 13.0. The van der Waals surface area contributed by atoms with E-state index in [1.807, 2.05) is 52.8 Å². The van der Waals surface area contributed by atoms with Gasteiger partial charge >= 0.3 is 5.97 Å². The maximum Gasteiger partial charge on any atom is 0.308 e. The fraction of sp³-hybridized carbons (Fsp3) is 0.600. The summed E-state index contributed by atoms with van der Waals surface area (Å²) in [6.07, 6.45) is 1.87. The van der Waals surface area contributed by atoms with E-state index in [2.05, 4.69) is 10.6 Å². The van der Waals surface area contributed by atoms with Crippen LogP contribution in [0.3, 0.4) is 0 Å². The number of amides is 2. The van der Waals surface area contributed by atoms with Crippen LogP contribution in [0.25, 0.3) is 0 Å². The second-order valence-electron chi connectivity index (χ2n) is 9.29. The Balaban J connectivity index is 1.89. The Labute approximate surface area is 207 Å². The number of carbonyl (C=O) groups excluding carboxylic acids is 3. The molecule has 1 aliphatic heterocycles. The van der Waals surface area contributed by atoms with Crippen molar-refractivity contribution in [2.45, 2.75) is 66.3 Å². The van der Waals surface area contributed by atoms with Gasteiger partial charge in [0.2, 0.25) is 11.8 Å². The third-order valence-electron chi connectivity index (χ3n) is 5.80. The highest BCUT2D eigenvalue weighted by molar-refractivity contribution is 7.80. The molecule has 1 atom stereocenters. The number of benzene rings is 1. The molecule has 0 aliphatic carbocycles. The minimum atomic E-state index is -0.806. The van der Waals surface area contributed by atoms with Crippen LogP contribution in [0.4, 0.5) is 0 Å². The summed E-state index contributed by atoms with van der Waals surface area (Å²) in [5.74, 6) is -0.149. The zero-order valence-corrected chi connectivity index (χ0v) is 21.7. The molecule has 34 heavy (non-hydrogen) atoms. The SMILES string of the molecule is CCCOC(=O)CC1C(=O)NCCN1C(=S)NC(=O)C(C)(C)CCCOc1cc(C)ccc1C. The molecular weight excluding hydrogens is 454 g/mol. The summed E-state index contributed by atoms with van der Waals surface area (Å²) < 4.78 is 11.0. The Morgan fingerprint density at radius 1 is 1.26 bits per heavy atom. The van der Waals surface area contributed by atoms with Crippen LogP contribution in [0.5, 0.6) is 5.75 Å². The molecule has 0 aromatic heterocycles. The lowest BCUT2D eigenvalue weighted by Crippen LogP contribution is -2.61. The molecule has 2 N–H and O–H groups in total. The Kier molecular flexibility index (Phi) is 10.3. The van der Waals surface area contributed by atoms with Gasteiger partial charge in [-0.3, -0.25) is 14.4 Å². The summed E-state index contributed by atoms with van der Waals surface area (Å²) in [4.78, 5) is 39.0. The average molecular weight is 492 g/mol. The van der Waals surface area contributed by atoms with Gasteiger partial charge in [0, 0.05) is 18.5 Å². The van der Waals surface area contributed by atoms with Crippen molar-refractivity contribution in [1.82, 2.24) is 15.5 Å². The highest BCUT2D eigenvalue weighted by Crippen LogP contribution is 2.24. The van der Waals surface area contributed by atoms with E-state index in [0.29, 0.717) is 45.6 Å². The van der Waals surface area contributed by atoms with Gasteiger partial charge in [-0.05, 0) is 62.5 Å². The maximum atomic E-state index is 13.0. The molecule has 1 saturated heterocycles. The average Bonchev–Trinajstić information content (AvgIpc) is 2.78. The van der Waals surface area contributed by atoms with Crippen LogP contribution in [-0.4, -0.2) is 60.1 Å². The predicted molar refractivity (Wildman–Crippen MR) is 135 cm³/mol. The predicted octanol–water partition coefficient (Wildman–Crippen LogP) is 3.03. The van der Waals surface area contributed by atoms with Crippen molar-refractivity contribution in [1.29, 1.82) is 0 Å². The van der Waals surface area contributed by atoms with Crippen molar-refractivity contribution < 1.29 is 23.9 Å². The monoisotopic (exact) mass is 491 g/mol. The highest BCUT2D eigenvalue weighted by Gasteiger charge is 2.36. The van der Waals surface area contributed by atoms with Crippen LogP contribution < -0.4 is 15.4 Å². The number of ether oxygens (including phenoxy) is 2. The van der Waals surface area contributed by atoms with Gasteiger partial charge in [0.25, 0.3) is 0 Å². The van der Waals surface area contributed by atoms with Crippen molar-refractivity contribution >= 4 is 35.1 Å². The molecule has 1 heterocycles. The molecule has 8 nitrogen and oxygen atoms in total. The van der Waals surface area contributed by atoms with Gasteiger partial charge in [-0.15, -0.1) is 0 Å². The molecule has 2 amide bonds. The molecule has 188 valence electrons. The summed E-state index contributed by atoms with van der Waals surface area (Å²) in [5, 5.41) is 5.67. The summed E-state index contributed by atoms with van der Waals surface area (Å²) >= 11 is 5.45. The largest absolute Gasteiger partial charge is 0.493 e. The van der Waals surface area contributed by atoms with Gasteiger partial charge in [-0.25, -0.2) is 0 Å². The third-order valence-corrected chi connectivity index (χ3v) is 6.14. The van der Waals surface area contributed by atoms with E-state index in [1.165, 1.54) is 0 Å². The number of aryl methyl sites for hydroxylation is 2. The van der Waals surface area contributed by atoms with Crippen molar-refractivity contribution in [3.63, 3.8) is 0 Å². The number of esters is 1. The molecule has 1 aromatic rings. The van der Waals surface area contributed by atoms with Crippen molar-refractivity contribution in [2.24, 2.45) is 5.41 Å². The molecule has 9 heteroatoms. The number of nitrogens with zero attached hydrogens (tertiary/aromatic N) is 1. The van der Waals surface area contributed by atoms with E-state index in [0.717, 1.165) is 16.9 Å². The fourth-order valence-corrected chi connectivity index (χ4v) is 3.92. The molecular formula is C25H37N3O5S. The van der Waals surface area contributed by atoms with Gasteiger partial charge in [0.1, 0.15) is 11.8 Å². The van der Waals surface area contributed by atoms with Gasteiger partial charge in [-0.2, -0.15) is 0 Å². The number of hydrogen-bond donors (Lipinski definition) is 2. The second-order valence-corrected chi connectivity index (χ2v) is 9.68. The van der Waals surface area contributed by atoms with Gasteiger partial charge in [0.05, 0.1) is 19.6 Å². The van der Waals surface area contributed by atoms with Gasteiger partial charge < -0.3 is 25.0 Å². The first-order valence-corrected chi connectivity index (χ1v) is 12.2. The van der Waals surface area contributed by atoms with E-state index in [1.54, 1.807) is 4.90 Å². The lowest BCUT2D eigenvalue weighted by atomic mass is 9.87. The van der Waals surface area contributed by atoms with E-state index in [9.17, 15) is 14.4 Å². The zero-order chi connectivity index (χ0) is 25.3. The molecule has 0 spiro atoms. The molecule has 1 fully saturated rings. The van der Waals surface area contributed by atoms with Crippen molar-refractivity contribution in [3.8, 4) is 5.75 Å². The van der Waals surface area contributed by atoms with E-state index in [4.69, 9.17) is 21.7 Å². The third kappa shape index (κ3) is 7.97. The van der Waals surface area contributed by atoms with Crippen LogP contribution in [-0.2, 0) is 19.1 Å². The van der Waals surface area contributed by atoms with Crippen LogP contribution in [0, 0.1) is 19.3 Å². The lowest BCUT2D eigenvalue weighted by molar-refractivity contribution is -0.147. The van der Waals surface area contributed by atoms with Crippen LogP contribution in [0.1, 0.15) is 57.6 Å². The lowest BCUT2D eigenvalue weighted by Gasteiger charge is -2.37. The molecule has 1 aliphatic rings. The topological polar surface area (TPSA) is 97.0 Å². The van der Waals surface area contributed by atoms with E-state index < -0.39 is 17.4 Å². The fourth-order valence-electron chi connectivity index (χ4n) is 3.60. The first-order chi connectivity index (χ1) is 16.0. The number of piperazine rings is 1. The minimum Gasteiger partial charge on any atom is -0.493 e. The minimum absolute atomic E-state index is 0.124. The molecule has 0 saturated carbocycles. The van der Waals surface area contributed by atoms with Gasteiger partial charge in [-0.1, -0.05) is 32.9 Å². The Morgan fingerprint density at radius 2 is 2.00 bits per heavy atom. The molecule has 1 aromatic carbocycles. The van der Waals surface area contributed by atoms with Crippen LogP contribution >= 0.6 is 12.2 Å². The highest BCUT2D eigenvalue weighted by atomic mass is 32.1. The first-order valence-electron chi connectivity index (χ1n) is 11.8. The van der Waals surface area contributed by atoms with E-state index in [-0.39, 0.29) is 23.3 Å². The summed E-state index contributed by atoms with van der Waals surface area (Å²) in [5.41, 5.74) is 1.52. The van der Waals surface area contributed by atoms with E-state index >= 15 is 0 Å². The van der Waals surface area contributed by atoms with Crippen molar-refractivity contribution in [2.75, 3.05) is 26.3 Å². The Bertz CT molecular complexity index is 903. The quantitative estimate of drug-likeness (QED) is 0.295. The Hall–Kier alpha value is -2.68. The Morgan fingerprint density at radius 3 is 2.71 bits per heavy atom. The summed E-state index contributed by atoms with van der Waals surface area (Å²) in [6.45, 7) is 11.2. The first kappa shape index (κ1) is 27.6. The standard InChI is InChI=1S/C25H37N3O5S/c1-6-13-33-21(29)16-19-22(30)26-11-12-28(19)24(34)27-23(31)25(4,5)10-7-14-32-20-15-17(2)8-9-18(20)3/h8-9,15,19H,6-7,10-14,16H2,1-5H3,(H,26,30)(H,27,31,34). The van der Waals surface area contributed by atoms with Gasteiger partial charge in [0.15, 0.2) is 5.11 Å². The molecule has 0 bridgehead atoms. The summed E-state index contributed by atoms with van der Waals surface area (Å²) in [6, 6.07) is 5.28. The number of hydrogen-bond acceptors (Lipinski definition) is 6. The molecule has 1 unspecified atom stereocenters. The second kappa shape index (κ2) is 12.7. The van der Waals surface area contributed by atoms with Crippen LogP contribution in [0.2, 0.25) is 0 Å². The number of nitrogens with one attached hydrogen (secondary N) is 2. The van der Waals surface area contributed by atoms with Crippen LogP contribution in [0.15, 0.2) is 18.2 Å². The normalized spacial score (nSPS) is 16.0. The zero-order valence-electron chi connectivity index (χ0n) is 20.9. The van der Waals surface area contributed by atoms with Crippen molar-refractivity contribution in [3.05, 3.63) is 29.3 Å². The molecule has 0 radical (unpaired) electrons. The number of rotatable bonds is 10. The molecule has 2 rings (SSSR count). The number of carbonyl (C=O) groups is 3. The summed E-state index contributed by atoms with van der Waals surface area (Å²) in [7, 11) is 0.